The molecule has 0 saturated heterocycles. The molecular weight excluding hydrogens is 314 g/mol. The van der Waals surface area contributed by atoms with Crippen molar-refractivity contribution in [1.82, 2.24) is 5.32 Å². The Morgan fingerprint density at radius 1 is 1.19 bits per heavy atom. The van der Waals surface area contributed by atoms with Crippen LogP contribution in [0.15, 0.2) is 36.4 Å². The number of carbonyl (C=O) groups is 1. The topological polar surface area (TPSA) is 55.1 Å². The van der Waals surface area contributed by atoms with Gasteiger partial charge in [0.2, 0.25) is 0 Å². The second kappa shape index (κ2) is 6.78. The van der Waals surface area contributed by atoms with Crippen molar-refractivity contribution >= 4 is 34.8 Å². The molecule has 0 bridgehead atoms. The fourth-order valence-electron chi connectivity index (χ4n) is 1.85. The average molecular weight is 327 g/mol. The third kappa shape index (κ3) is 4.09. The Kier molecular flexibility index (Phi) is 5.04. The Labute approximate surface area is 131 Å². The van der Waals surface area contributed by atoms with E-state index >= 15 is 0 Å². The number of nitrogens with one attached hydrogen (secondary N) is 1. The maximum atomic E-state index is 13.6. The monoisotopic (exact) mass is 326 g/mol. The van der Waals surface area contributed by atoms with Gasteiger partial charge in [-0.25, -0.2) is 4.39 Å². The number of hydrogen-bond acceptors (Lipinski definition) is 2. The maximum Gasteiger partial charge on any atom is 0.254 e. The molecule has 0 heterocycles. The Balaban J connectivity index is 1.95. The molecule has 0 aliphatic carbocycles. The zero-order chi connectivity index (χ0) is 15.4. The molecular formula is C15H13Cl2FN2O. The molecule has 21 heavy (non-hydrogen) atoms. The third-order valence-electron chi connectivity index (χ3n) is 2.93. The van der Waals surface area contributed by atoms with Gasteiger partial charge in [-0.2, -0.15) is 0 Å². The highest BCUT2D eigenvalue weighted by Gasteiger charge is 2.11. The summed E-state index contributed by atoms with van der Waals surface area (Å²) < 4.78 is 13.6. The highest BCUT2D eigenvalue weighted by Crippen LogP contribution is 2.21. The first-order valence-corrected chi connectivity index (χ1v) is 7.00. The number of rotatable bonds is 4. The van der Waals surface area contributed by atoms with Crippen molar-refractivity contribution in [3.05, 3.63) is 63.4 Å². The SMILES string of the molecule is Nc1ccc(C(=O)NCCc2ccc(Cl)cc2Cl)c(F)c1. The summed E-state index contributed by atoms with van der Waals surface area (Å²) >= 11 is 11.8. The number of carbonyl (C=O) groups excluding carboxylic acids is 1. The van der Waals surface area contributed by atoms with E-state index in [-0.39, 0.29) is 11.3 Å². The molecule has 0 radical (unpaired) electrons. The molecule has 0 unspecified atom stereocenters. The van der Waals surface area contributed by atoms with Crippen molar-refractivity contribution in [3.8, 4) is 0 Å². The fraction of sp³-hybridized carbons (Fsp3) is 0.133. The minimum absolute atomic E-state index is 0.0357. The van der Waals surface area contributed by atoms with Crippen molar-refractivity contribution in [1.29, 1.82) is 0 Å². The Morgan fingerprint density at radius 3 is 2.62 bits per heavy atom. The lowest BCUT2D eigenvalue weighted by Crippen LogP contribution is -2.26. The molecule has 2 aromatic rings. The Bertz CT molecular complexity index is 677. The number of amides is 1. The maximum absolute atomic E-state index is 13.6. The first kappa shape index (κ1) is 15.6. The lowest BCUT2D eigenvalue weighted by molar-refractivity contribution is 0.0950. The van der Waals surface area contributed by atoms with E-state index < -0.39 is 11.7 Å². The van der Waals surface area contributed by atoms with Gasteiger partial charge in [0.05, 0.1) is 5.56 Å². The molecule has 0 aliphatic rings. The molecule has 3 nitrogen and oxygen atoms in total. The van der Waals surface area contributed by atoms with Crippen LogP contribution in [0.3, 0.4) is 0 Å². The van der Waals surface area contributed by atoms with E-state index in [1.165, 1.54) is 12.1 Å². The van der Waals surface area contributed by atoms with Crippen molar-refractivity contribution < 1.29 is 9.18 Å². The van der Waals surface area contributed by atoms with Crippen molar-refractivity contribution in [2.45, 2.75) is 6.42 Å². The highest BCUT2D eigenvalue weighted by atomic mass is 35.5. The van der Waals surface area contributed by atoms with E-state index in [1.54, 1.807) is 18.2 Å². The lowest BCUT2D eigenvalue weighted by Gasteiger charge is -2.08. The van der Waals surface area contributed by atoms with E-state index in [2.05, 4.69) is 5.32 Å². The average Bonchev–Trinajstić information content (AvgIpc) is 2.41. The van der Waals surface area contributed by atoms with E-state index in [1.807, 2.05) is 0 Å². The summed E-state index contributed by atoms with van der Waals surface area (Å²) in [6.45, 7) is 0.337. The predicted octanol–water partition coefficient (Wildman–Crippen LogP) is 3.69. The molecule has 110 valence electrons. The normalized spacial score (nSPS) is 10.4. The van der Waals surface area contributed by atoms with Gasteiger partial charge in [-0.05, 0) is 42.3 Å². The van der Waals surface area contributed by atoms with Crippen LogP contribution in [0.25, 0.3) is 0 Å². The van der Waals surface area contributed by atoms with Crippen LogP contribution < -0.4 is 11.1 Å². The van der Waals surface area contributed by atoms with Gasteiger partial charge in [0, 0.05) is 22.3 Å². The van der Waals surface area contributed by atoms with Crippen molar-refractivity contribution in [2.75, 3.05) is 12.3 Å². The lowest BCUT2D eigenvalue weighted by atomic mass is 10.1. The first-order chi connectivity index (χ1) is 9.97. The van der Waals surface area contributed by atoms with Gasteiger partial charge >= 0.3 is 0 Å². The van der Waals surface area contributed by atoms with Crippen LogP contribution in [-0.2, 0) is 6.42 Å². The fourth-order valence-corrected chi connectivity index (χ4v) is 2.35. The van der Waals surface area contributed by atoms with Crippen molar-refractivity contribution in [2.24, 2.45) is 0 Å². The van der Waals surface area contributed by atoms with E-state index in [4.69, 9.17) is 28.9 Å². The largest absolute Gasteiger partial charge is 0.399 e. The molecule has 0 fully saturated rings. The van der Waals surface area contributed by atoms with Gasteiger partial charge in [-0.1, -0.05) is 29.3 Å². The Hall–Kier alpha value is -1.78. The Morgan fingerprint density at radius 2 is 1.95 bits per heavy atom. The summed E-state index contributed by atoms with van der Waals surface area (Å²) in [6, 6.07) is 9.11. The summed E-state index contributed by atoms with van der Waals surface area (Å²) in [7, 11) is 0. The van der Waals surface area contributed by atoms with E-state index in [0.717, 1.165) is 11.6 Å². The molecule has 1 amide bonds. The molecule has 0 aromatic heterocycles. The zero-order valence-corrected chi connectivity index (χ0v) is 12.5. The number of benzene rings is 2. The predicted molar refractivity (Wildman–Crippen MR) is 83.3 cm³/mol. The van der Waals surface area contributed by atoms with Gasteiger partial charge in [-0.3, -0.25) is 4.79 Å². The van der Waals surface area contributed by atoms with E-state index in [0.29, 0.717) is 23.0 Å². The number of nitrogen functional groups attached to an aromatic ring is 1. The summed E-state index contributed by atoms with van der Waals surface area (Å²) in [5.74, 6) is -1.13. The van der Waals surface area contributed by atoms with Gasteiger partial charge in [0.15, 0.2) is 0 Å². The summed E-state index contributed by atoms with van der Waals surface area (Å²) in [6.07, 6.45) is 0.526. The number of nitrogens with two attached hydrogens (primary N) is 1. The second-order valence-corrected chi connectivity index (χ2v) is 5.32. The molecule has 0 atom stereocenters. The quantitative estimate of drug-likeness (QED) is 0.842. The van der Waals surface area contributed by atoms with Gasteiger partial charge < -0.3 is 11.1 Å². The molecule has 0 spiro atoms. The van der Waals surface area contributed by atoms with Gasteiger partial charge in [0.1, 0.15) is 5.82 Å². The standard InChI is InChI=1S/C15H13Cl2FN2O/c16-10-2-1-9(13(17)7-10)5-6-20-15(21)12-4-3-11(19)8-14(12)18/h1-4,7-8H,5-6,19H2,(H,20,21). The summed E-state index contributed by atoms with van der Waals surface area (Å²) in [5, 5.41) is 3.73. The molecule has 2 aromatic carbocycles. The number of anilines is 1. The molecule has 0 saturated carbocycles. The van der Waals surface area contributed by atoms with Gasteiger partial charge in [0.25, 0.3) is 5.91 Å². The molecule has 3 N–H and O–H groups in total. The number of halogens is 3. The van der Waals surface area contributed by atoms with Crippen LogP contribution in [-0.4, -0.2) is 12.5 Å². The second-order valence-electron chi connectivity index (χ2n) is 4.48. The van der Waals surface area contributed by atoms with Crippen LogP contribution in [0.1, 0.15) is 15.9 Å². The minimum Gasteiger partial charge on any atom is -0.399 e. The molecule has 0 aliphatic heterocycles. The van der Waals surface area contributed by atoms with Crippen LogP contribution in [0, 0.1) is 5.82 Å². The van der Waals surface area contributed by atoms with E-state index in [9.17, 15) is 9.18 Å². The zero-order valence-electron chi connectivity index (χ0n) is 11.0. The minimum atomic E-state index is -0.642. The first-order valence-electron chi connectivity index (χ1n) is 6.24. The van der Waals surface area contributed by atoms with Crippen LogP contribution in [0.2, 0.25) is 10.0 Å². The highest BCUT2D eigenvalue weighted by molar-refractivity contribution is 6.35. The van der Waals surface area contributed by atoms with Gasteiger partial charge in [-0.15, -0.1) is 0 Å². The van der Waals surface area contributed by atoms with Crippen LogP contribution in [0.4, 0.5) is 10.1 Å². The smallest absolute Gasteiger partial charge is 0.254 e. The summed E-state index contributed by atoms with van der Waals surface area (Å²) in [4.78, 5) is 11.9. The van der Waals surface area contributed by atoms with Crippen molar-refractivity contribution in [3.63, 3.8) is 0 Å². The molecule has 2 rings (SSSR count). The van der Waals surface area contributed by atoms with Crippen LogP contribution >= 0.6 is 23.2 Å². The summed E-state index contributed by atoms with van der Waals surface area (Å²) in [5.41, 5.74) is 6.54. The number of hydrogen-bond donors (Lipinski definition) is 2. The molecule has 6 heteroatoms. The third-order valence-corrected chi connectivity index (χ3v) is 3.52. The van der Waals surface area contributed by atoms with Crippen LogP contribution in [0.5, 0.6) is 0 Å².